The maximum Gasteiger partial charge on any atom is 0.373 e. The smallest absolute Gasteiger partial charge is 0.373 e. The lowest BCUT2D eigenvalue weighted by atomic mass is 9.93. The first-order valence-corrected chi connectivity index (χ1v) is 9.31. The molecule has 1 atom stereocenters. The van der Waals surface area contributed by atoms with Crippen molar-refractivity contribution in [1.82, 2.24) is 4.90 Å². The van der Waals surface area contributed by atoms with E-state index in [0.29, 0.717) is 12.2 Å². The number of ether oxygens (including phenoxy) is 2. The number of esters is 2. The number of rotatable bonds is 5. The Morgan fingerprint density at radius 3 is 2.57 bits per heavy atom. The van der Waals surface area contributed by atoms with Crippen LogP contribution in [0.2, 0.25) is 0 Å². The fourth-order valence-electron chi connectivity index (χ4n) is 3.39. The van der Waals surface area contributed by atoms with Crippen molar-refractivity contribution in [2.45, 2.75) is 25.6 Å². The molecule has 0 saturated heterocycles. The van der Waals surface area contributed by atoms with Gasteiger partial charge in [0.1, 0.15) is 18.4 Å². The van der Waals surface area contributed by atoms with Gasteiger partial charge in [-0.1, -0.05) is 24.3 Å². The van der Waals surface area contributed by atoms with Gasteiger partial charge >= 0.3 is 11.9 Å². The Balaban J connectivity index is 1.51. The molecule has 1 aromatic carbocycles. The SMILES string of the molecule is COC(=O)c1ccc(COC(=O)[C@@H]2Cc3ccccc3CN2C(=O)c2ccco2)o1. The number of benzene rings is 1. The first-order chi connectivity index (χ1) is 14.6. The molecule has 0 bridgehead atoms. The molecule has 4 rings (SSSR count). The van der Waals surface area contributed by atoms with Crippen molar-refractivity contribution in [3.63, 3.8) is 0 Å². The molecule has 3 aromatic rings. The summed E-state index contributed by atoms with van der Waals surface area (Å²) in [5.41, 5.74) is 1.95. The van der Waals surface area contributed by atoms with E-state index in [0.717, 1.165) is 11.1 Å². The number of carbonyl (C=O) groups is 3. The predicted molar refractivity (Wildman–Crippen MR) is 102 cm³/mol. The average Bonchev–Trinajstić information content (AvgIpc) is 3.48. The van der Waals surface area contributed by atoms with E-state index in [9.17, 15) is 14.4 Å². The maximum absolute atomic E-state index is 12.9. The quantitative estimate of drug-likeness (QED) is 0.597. The molecule has 0 unspecified atom stereocenters. The number of methoxy groups -OCH3 is 1. The maximum atomic E-state index is 12.9. The molecule has 8 heteroatoms. The molecule has 2 aromatic heterocycles. The molecule has 1 amide bonds. The second-order valence-electron chi connectivity index (χ2n) is 6.76. The van der Waals surface area contributed by atoms with Gasteiger partial charge in [-0.05, 0) is 35.4 Å². The van der Waals surface area contributed by atoms with Crippen LogP contribution in [-0.2, 0) is 33.8 Å². The molecule has 30 heavy (non-hydrogen) atoms. The molecule has 0 aliphatic carbocycles. The van der Waals surface area contributed by atoms with Gasteiger partial charge < -0.3 is 23.2 Å². The molecule has 0 N–H and O–H groups in total. The van der Waals surface area contributed by atoms with Crippen LogP contribution in [0.15, 0.2) is 63.6 Å². The van der Waals surface area contributed by atoms with E-state index >= 15 is 0 Å². The largest absolute Gasteiger partial charge is 0.463 e. The number of nitrogens with zero attached hydrogens (tertiary/aromatic N) is 1. The van der Waals surface area contributed by atoms with Gasteiger partial charge in [-0.25, -0.2) is 9.59 Å². The molecular formula is C22H19NO7. The van der Waals surface area contributed by atoms with E-state index < -0.39 is 18.0 Å². The summed E-state index contributed by atoms with van der Waals surface area (Å²) in [5.74, 6) is -1.11. The number of amides is 1. The second kappa shape index (κ2) is 8.28. The summed E-state index contributed by atoms with van der Waals surface area (Å²) in [6, 6.07) is 13.0. The normalized spacial score (nSPS) is 15.4. The molecule has 8 nitrogen and oxygen atoms in total. The Kier molecular flexibility index (Phi) is 5.38. The number of fused-ring (bicyclic) bond motifs is 1. The van der Waals surface area contributed by atoms with Crippen LogP contribution >= 0.6 is 0 Å². The van der Waals surface area contributed by atoms with E-state index in [1.54, 1.807) is 12.1 Å². The summed E-state index contributed by atoms with van der Waals surface area (Å²) in [6.07, 6.45) is 1.74. The molecule has 1 aliphatic heterocycles. The van der Waals surface area contributed by atoms with Crippen LogP contribution in [0.1, 0.15) is 38.0 Å². The zero-order valence-corrected chi connectivity index (χ0v) is 16.2. The minimum Gasteiger partial charge on any atom is -0.463 e. The molecule has 0 spiro atoms. The first kappa shape index (κ1) is 19.5. The van der Waals surface area contributed by atoms with Crippen molar-refractivity contribution in [3.05, 3.63) is 83.2 Å². The Morgan fingerprint density at radius 1 is 1.03 bits per heavy atom. The summed E-state index contributed by atoms with van der Waals surface area (Å²) in [4.78, 5) is 38.7. The van der Waals surface area contributed by atoms with Crippen molar-refractivity contribution in [3.8, 4) is 0 Å². The van der Waals surface area contributed by atoms with E-state index in [-0.39, 0.29) is 30.6 Å². The fraction of sp³-hybridized carbons (Fsp3) is 0.227. The Morgan fingerprint density at radius 2 is 1.83 bits per heavy atom. The number of hydrogen-bond acceptors (Lipinski definition) is 7. The highest BCUT2D eigenvalue weighted by molar-refractivity contribution is 5.95. The standard InChI is InChI=1S/C22H19NO7/c1-27-22(26)19-9-8-16(30-19)13-29-21(25)17-11-14-5-2-3-6-15(14)12-23(17)20(24)18-7-4-10-28-18/h2-10,17H,11-13H2,1H3/t17-/m0/s1. The van der Waals surface area contributed by atoms with Gasteiger partial charge in [0.2, 0.25) is 5.76 Å². The Hall–Kier alpha value is -3.81. The lowest BCUT2D eigenvalue weighted by molar-refractivity contribution is -0.151. The summed E-state index contributed by atoms with van der Waals surface area (Å²) in [5, 5.41) is 0. The molecule has 154 valence electrons. The van der Waals surface area contributed by atoms with Crippen molar-refractivity contribution in [1.29, 1.82) is 0 Å². The minimum atomic E-state index is -0.812. The highest BCUT2D eigenvalue weighted by Gasteiger charge is 2.37. The Bertz CT molecular complexity index is 1070. The van der Waals surface area contributed by atoms with Gasteiger partial charge in [-0.3, -0.25) is 4.79 Å². The van der Waals surface area contributed by atoms with Gasteiger partial charge in [-0.2, -0.15) is 0 Å². The topological polar surface area (TPSA) is 99.2 Å². The van der Waals surface area contributed by atoms with Crippen LogP contribution in [0.3, 0.4) is 0 Å². The lowest BCUT2D eigenvalue weighted by Gasteiger charge is -2.34. The zero-order valence-electron chi connectivity index (χ0n) is 16.2. The van der Waals surface area contributed by atoms with Crippen molar-refractivity contribution in [2.75, 3.05) is 7.11 Å². The molecule has 0 saturated carbocycles. The van der Waals surface area contributed by atoms with Crippen molar-refractivity contribution in [2.24, 2.45) is 0 Å². The van der Waals surface area contributed by atoms with Gasteiger partial charge in [0, 0.05) is 13.0 Å². The highest BCUT2D eigenvalue weighted by atomic mass is 16.6. The molecular weight excluding hydrogens is 390 g/mol. The number of carbonyl (C=O) groups excluding carboxylic acids is 3. The fourth-order valence-corrected chi connectivity index (χ4v) is 3.39. The highest BCUT2D eigenvalue weighted by Crippen LogP contribution is 2.26. The monoisotopic (exact) mass is 409 g/mol. The summed E-state index contributed by atoms with van der Waals surface area (Å²) < 4.78 is 20.5. The number of hydrogen-bond donors (Lipinski definition) is 0. The third-order valence-corrected chi connectivity index (χ3v) is 4.92. The summed E-state index contributed by atoms with van der Waals surface area (Å²) in [6.45, 7) is 0.0967. The molecule has 0 fully saturated rings. The zero-order chi connectivity index (χ0) is 21.1. The van der Waals surface area contributed by atoms with Crippen LogP contribution in [-0.4, -0.2) is 35.9 Å². The van der Waals surface area contributed by atoms with E-state index in [4.69, 9.17) is 13.6 Å². The second-order valence-corrected chi connectivity index (χ2v) is 6.76. The van der Waals surface area contributed by atoms with Crippen molar-refractivity contribution >= 4 is 17.8 Å². The average molecular weight is 409 g/mol. The van der Waals surface area contributed by atoms with E-state index in [1.165, 1.54) is 30.4 Å². The molecule has 1 aliphatic rings. The molecule has 3 heterocycles. The number of furan rings is 2. The lowest BCUT2D eigenvalue weighted by Crippen LogP contribution is -2.49. The van der Waals surface area contributed by atoms with E-state index in [1.807, 2.05) is 24.3 Å². The van der Waals surface area contributed by atoms with Gasteiger partial charge in [0.05, 0.1) is 13.4 Å². The third kappa shape index (κ3) is 3.84. The van der Waals surface area contributed by atoms with Crippen LogP contribution in [0.25, 0.3) is 0 Å². The molecule has 0 radical (unpaired) electrons. The third-order valence-electron chi connectivity index (χ3n) is 4.92. The predicted octanol–water partition coefficient (Wildman–Crippen LogP) is 2.97. The van der Waals surface area contributed by atoms with Gasteiger partial charge in [0.25, 0.3) is 5.91 Å². The van der Waals surface area contributed by atoms with Crippen LogP contribution in [0.5, 0.6) is 0 Å². The van der Waals surface area contributed by atoms with Gasteiger partial charge in [0.15, 0.2) is 5.76 Å². The Labute approximate surface area is 172 Å². The van der Waals surface area contributed by atoms with E-state index in [2.05, 4.69) is 4.74 Å². The van der Waals surface area contributed by atoms with Crippen molar-refractivity contribution < 1.29 is 32.7 Å². The van der Waals surface area contributed by atoms with Crippen LogP contribution in [0, 0.1) is 0 Å². The van der Waals surface area contributed by atoms with Crippen LogP contribution in [0.4, 0.5) is 0 Å². The van der Waals surface area contributed by atoms with Crippen LogP contribution < -0.4 is 0 Å². The van der Waals surface area contributed by atoms with Gasteiger partial charge in [-0.15, -0.1) is 0 Å². The first-order valence-electron chi connectivity index (χ1n) is 9.31. The summed E-state index contributed by atoms with van der Waals surface area (Å²) >= 11 is 0. The minimum absolute atomic E-state index is 0.0183. The summed E-state index contributed by atoms with van der Waals surface area (Å²) in [7, 11) is 1.25.